The molecule has 1 aromatic rings. The Labute approximate surface area is 131 Å². The molecule has 3 heterocycles. The molecule has 2 fully saturated rings. The molecule has 0 bridgehead atoms. The number of aryl methyl sites for hydroxylation is 2. The van der Waals surface area contributed by atoms with E-state index in [0.29, 0.717) is 25.2 Å². The lowest BCUT2D eigenvalue weighted by atomic mass is 10.0. The van der Waals surface area contributed by atoms with E-state index in [-0.39, 0.29) is 11.4 Å². The maximum absolute atomic E-state index is 12.7. The highest BCUT2D eigenvalue weighted by atomic mass is 32.2. The van der Waals surface area contributed by atoms with Gasteiger partial charge in [-0.05, 0) is 39.3 Å². The third-order valence-electron chi connectivity index (χ3n) is 4.60. The lowest BCUT2D eigenvalue weighted by molar-refractivity contribution is 0.0232. The van der Waals surface area contributed by atoms with E-state index < -0.39 is 15.6 Å². The topological polar surface area (TPSA) is 78.7 Å². The first-order valence-electron chi connectivity index (χ1n) is 7.75. The Kier molecular flexibility index (Phi) is 4.05. The van der Waals surface area contributed by atoms with E-state index in [1.165, 1.54) is 15.2 Å². The number of likely N-dealkylation sites (tertiary alicyclic amines) is 1. The molecule has 2 aliphatic heterocycles. The Morgan fingerprint density at radius 3 is 2.59 bits per heavy atom. The zero-order chi connectivity index (χ0) is 16.0. The van der Waals surface area contributed by atoms with Crippen LogP contribution in [0.1, 0.15) is 25.0 Å². The Hall–Kier alpha value is -0.960. The summed E-state index contributed by atoms with van der Waals surface area (Å²) in [6.07, 6.45) is 4.34. The Morgan fingerprint density at radius 1 is 1.32 bits per heavy atom. The average molecular weight is 328 g/mol. The van der Waals surface area contributed by atoms with E-state index >= 15 is 0 Å². The molecule has 1 atom stereocenters. The van der Waals surface area contributed by atoms with E-state index in [2.05, 4.69) is 10.00 Å². The number of rotatable bonds is 4. The van der Waals surface area contributed by atoms with Crippen molar-refractivity contribution >= 4 is 10.0 Å². The molecule has 7 nitrogen and oxygen atoms in total. The normalized spacial score (nSPS) is 27.8. The van der Waals surface area contributed by atoms with E-state index in [4.69, 9.17) is 0 Å². The zero-order valence-electron chi connectivity index (χ0n) is 13.2. The number of aromatic nitrogens is 2. The molecule has 8 heteroatoms. The van der Waals surface area contributed by atoms with Gasteiger partial charge in [-0.1, -0.05) is 0 Å². The van der Waals surface area contributed by atoms with E-state index in [9.17, 15) is 13.5 Å². The molecular formula is C14H24N4O3S. The molecule has 0 aromatic carbocycles. The second-order valence-electron chi connectivity index (χ2n) is 6.55. The predicted molar refractivity (Wildman–Crippen MR) is 81.9 cm³/mol. The van der Waals surface area contributed by atoms with Crippen molar-refractivity contribution in [3.8, 4) is 0 Å². The van der Waals surface area contributed by atoms with Crippen molar-refractivity contribution < 1.29 is 13.5 Å². The maximum Gasteiger partial charge on any atom is 0.246 e. The summed E-state index contributed by atoms with van der Waals surface area (Å²) >= 11 is 0. The molecule has 0 radical (unpaired) electrons. The van der Waals surface area contributed by atoms with Gasteiger partial charge in [-0.2, -0.15) is 9.40 Å². The maximum atomic E-state index is 12.7. The summed E-state index contributed by atoms with van der Waals surface area (Å²) in [5.74, 6) is 0. The SMILES string of the molecule is Cc1nn(C)cc1S(=O)(=O)N1CC[C@](O)(CN2CCCC2)C1. The van der Waals surface area contributed by atoms with Gasteiger partial charge in [0.15, 0.2) is 0 Å². The van der Waals surface area contributed by atoms with Crippen molar-refractivity contribution in [2.75, 3.05) is 32.7 Å². The van der Waals surface area contributed by atoms with Crippen molar-refractivity contribution in [1.29, 1.82) is 0 Å². The summed E-state index contributed by atoms with van der Waals surface area (Å²) in [6, 6.07) is 0. The van der Waals surface area contributed by atoms with Gasteiger partial charge in [-0.3, -0.25) is 4.68 Å². The number of nitrogens with zero attached hydrogens (tertiary/aromatic N) is 4. The summed E-state index contributed by atoms with van der Waals surface area (Å²) in [5.41, 5.74) is -0.439. The fourth-order valence-electron chi connectivity index (χ4n) is 3.48. The van der Waals surface area contributed by atoms with Crippen LogP contribution in [0, 0.1) is 6.92 Å². The van der Waals surface area contributed by atoms with Crippen LogP contribution in [-0.4, -0.2) is 70.8 Å². The third kappa shape index (κ3) is 2.92. The first-order valence-corrected chi connectivity index (χ1v) is 9.19. The molecule has 0 aliphatic carbocycles. The van der Waals surface area contributed by atoms with Crippen LogP contribution in [0.15, 0.2) is 11.1 Å². The molecular weight excluding hydrogens is 304 g/mol. The van der Waals surface area contributed by atoms with Crippen LogP contribution in [0.3, 0.4) is 0 Å². The smallest absolute Gasteiger partial charge is 0.246 e. The predicted octanol–water partition coefficient (Wildman–Crippen LogP) is -0.0502. The first-order chi connectivity index (χ1) is 10.3. The minimum Gasteiger partial charge on any atom is -0.387 e. The van der Waals surface area contributed by atoms with Crippen LogP contribution in [0.2, 0.25) is 0 Å². The summed E-state index contributed by atoms with van der Waals surface area (Å²) < 4.78 is 28.4. The van der Waals surface area contributed by atoms with Gasteiger partial charge in [0.1, 0.15) is 4.90 Å². The van der Waals surface area contributed by atoms with Crippen molar-refractivity contribution in [1.82, 2.24) is 19.0 Å². The second-order valence-corrected chi connectivity index (χ2v) is 8.45. The molecule has 1 N–H and O–H groups in total. The van der Waals surface area contributed by atoms with Crippen LogP contribution in [0.4, 0.5) is 0 Å². The number of β-amino-alcohol motifs (C(OH)–C–C–N with tert-alkyl or cyclic N) is 1. The van der Waals surface area contributed by atoms with Crippen molar-refractivity contribution in [3.05, 3.63) is 11.9 Å². The van der Waals surface area contributed by atoms with Gasteiger partial charge in [-0.25, -0.2) is 8.42 Å². The number of sulfonamides is 1. The minimum absolute atomic E-state index is 0.167. The number of hydrogen-bond donors (Lipinski definition) is 1. The molecule has 1 aromatic heterocycles. The van der Waals surface area contributed by atoms with E-state index in [0.717, 1.165) is 25.9 Å². The molecule has 22 heavy (non-hydrogen) atoms. The highest BCUT2D eigenvalue weighted by Gasteiger charge is 2.43. The molecule has 0 saturated carbocycles. The average Bonchev–Trinajstić information content (AvgIpc) is 3.12. The van der Waals surface area contributed by atoms with Crippen molar-refractivity contribution in [3.63, 3.8) is 0 Å². The monoisotopic (exact) mass is 328 g/mol. The van der Waals surface area contributed by atoms with Gasteiger partial charge in [0, 0.05) is 32.9 Å². The van der Waals surface area contributed by atoms with Crippen LogP contribution in [0.5, 0.6) is 0 Å². The molecule has 3 rings (SSSR count). The number of hydrogen-bond acceptors (Lipinski definition) is 5. The second kappa shape index (κ2) is 5.59. The zero-order valence-corrected chi connectivity index (χ0v) is 14.0. The third-order valence-corrected chi connectivity index (χ3v) is 6.55. The van der Waals surface area contributed by atoms with Gasteiger partial charge in [0.2, 0.25) is 10.0 Å². The highest BCUT2D eigenvalue weighted by Crippen LogP contribution is 2.29. The number of aliphatic hydroxyl groups is 1. The minimum atomic E-state index is -3.58. The molecule has 2 aliphatic rings. The van der Waals surface area contributed by atoms with Gasteiger partial charge >= 0.3 is 0 Å². The summed E-state index contributed by atoms with van der Waals surface area (Å²) in [5, 5.41) is 14.8. The highest BCUT2D eigenvalue weighted by molar-refractivity contribution is 7.89. The molecule has 0 spiro atoms. The Balaban J connectivity index is 1.75. The lowest BCUT2D eigenvalue weighted by Gasteiger charge is -2.28. The van der Waals surface area contributed by atoms with Crippen molar-refractivity contribution in [2.24, 2.45) is 7.05 Å². The van der Waals surface area contributed by atoms with Crippen LogP contribution in [0.25, 0.3) is 0 Å². The molecule has 2 saturated heterocycles. The Bertz CT molecular complexity index is 651. The fourth-order valence-corrected chi connectivity index (χ4v) is 5.20. The van der Waals surface area contributed by atoms with E-state index in [1.807, 2.05) is 0 Å². The van der Waals surface area contributed by atoms with Gasteiger partial charge in [-0.15, -0.1) is 0 Å². The molecule has 0 amide bonds. The van der Waals surface area contributed by atoms with E-state index in [1.54, 1.807) is 14.0 Å². The molecule has 0 unspecified atom stereocenters. The van der Waals surface area contributed by atoms with Gasteiger partial charge < -0.3 is 10.0 Å². The summed E-state index contributed by atoms with van der Waals surface area (Å²) in [7, 11) is -1.87. The lowest BCUT2D eigenvalue weighted by Crippen LogP contribution is -2.45. The molecule has 124 valence electrons. The Morgan fingerprint density at radius 2 is 2.00 bits per heavy atom. The standard InChI is InChI=1S/C14H24N4O3S/c1-12-13(9-16(2)15-12)22(20,21)18-8-5-14(19,11-18)10-17-6-3-4-7-17/h9,19H,3-8,10-11H2,1-2H3/t14-/m0/s1. The van der Waals surface area contributed by atoms with Crippen LogP contribution >= 0.6 is 0 Å². The van der Waals surface area contributed by atoms with Gasteiger partial charge in [0.25, 0.3) is 0 Å². The quantitative estimate of drug-likeness (QED) is 0.838. The summed E-state index contributed by atoms with van der Waals surface area (Å²) in [6.45, 7) is 4.78. The summed E-state index contributed by atoms with van der Waals surface area (Å²) in [4.78, 5) is 2.46. The van der Waals surface area contributed by atoms with Crippen LogP contribution < -0.4 is 0 Å². The van der Waals surface area contributed by atoms with Gasteiger partial charge in [0.05, 0.1) is 11.3 Å². The van der Waals surface area contributed by atoms with Crippen molar-refractivity contribution in [2.45, 2.75) is 36.7 Å². The first kappa shape index (κ1) is 15.9. The fraction of sp³-hybridized carbons (Fsp3) is 0.786. The van der Waals surface area contributed by atoms with Crippen LogP contribution in [-0.2, 0) is 17.1 Å². The largest absolute Gasteiger partial charge is 0.387 e.